The number of rotatable bonds is 2. The summed E-state index contributed by atoms with van der Waals surface area (Å²) in [5.41, 5.74) is 3.91. The monoisotopic (exact) mass is 265 g/mol. The molecule has 0 aliphatic heterocycles. The first kappa shape index (κ1) is 11.5. The highest BCUT2D eigenvalue weighted by Crippen LogP contribution is 2.44. The second-order valence-corrected chi connectivity index (χ2v) is 5.42. The van der Waals surface area contributed by atoms with Crippen LogP contribution in [0.5, 0.6) is 0 Å². The maximum atomic E-state index is 11.9. The fourth-order valence-corrected chi connectivity index (χ4v) is 2.80. The molecule has 0 bridgehead atoms. The third-order valence-corrected chi connectivity index (χ3v) is 3.91. The lowest BCUT2D eigenvalue weighted by Crippen LogP contribution is -2.06. The number of fused-ring (bicyclic) bond motifs is 1. The summed E-state index contributed by atoms with van der Waals surface area (Å²) in [6, 6.07) is 11.7. The van der Waals surface area contributed by atoms with Crippen LogP contribution in [0, 0.1) is 0 Å². The van der Waals surface area contributed by atoms with E-state index in [2.05, 4.69) is 10.1 Å². The average molecular weight is 265 g/mol. The molecule has 2 heterocycles. The predicted molar refractivity (Wildman–Crippen MR) is 78.7 cm³/mol. The number of benzene rings is 1. The molecule has 4 rings (SSSR count). The molecule has 0 radical (unpaired) electrons. The molecule has 1 aliphatic carbocycles. The van der Waals surface area contributed by atoms with E-state index in [0.29, 0.717) is 5.92 Å². The standard InChI is InChI=1S/C16H15N3O/c1-19-16-14(15(18-19)11-7-8-11)12(9-13(20)17-16)10-5-3-2-4-6-10/h2-6,9,11H,7-8H2,1H3,(H,17,20). The zero-order valence-corrected chi connectivity index (χ0v) is 11.3. The summed E-state index contributed by atoms with van der Waals surface area (Å²) in [4.78, 5) is 14.8. The van der Waals surface area contributed by atoms with Crippen molar-refractivity contribution in [3.63, 3.8) is 0 Å². The van der Waals surface area contributed by atoms with Gasteiger partial charge >= 0.3 is 0 Å². The summed E-state index contributed by atoms with van der Waals surface area (Å²) < 4.78 is 1.79. The number of aromatic nitrogens is 3. The van der Waals surface area contributed by atoms with Gasteiger partial charge in [-0.3, -0.25) is 9.48 Å². The average Bonchev–Trinajstić information content (AvgIpc) is 3.25. The van der Waals surface area contributed by atoms with Crippen molar-refractivity contribution in [3.8, 4) is 11.1 Å². The smallest absolute Gasteiger partial charge is 0.250 e. The molecule has 0 saturated heterocycles. The molecule has 0 atom stereocenters. The van der Waals surface area contributed by atoms with Crippen molar-refractivity contribution in [2.45, 2.75) is 18.8 Å². The van der Waals surface area contributed by atoms with Crippen molar-refractivity contribution in [2.75, 3.05) is 0 Å². The Morgan fingerprint density at radius 1 is 1.25 bits per heavy atom. The van der Waals surface area contributed by atoms with Crippen molar-refractivity contribution in [2.24, 2.45) is 7.05 Å². The summed E-state index contributed by atoms with van der Waals surface area (Å²) in [5, 5.41) is 5.72. The number of nitrogens with one attached hydrogen (secondary N) is 1. The molecule has 4 heteroatoms. The van der Waals surface area contributed by atoms with Crippen molar-refractivity contribution in [3.05, 3.63) is 52.4 Å². The lowest BCUT2D eigenvalue weighted by molar-refractivity contribution is 0.758. The van der Waals surface area contributed by atoms with Crippen LogP contribution in [-0.4, -0.2) is 14.8 Å². The van der Waals surface area contributed by atoms with Gasteiger partial charge in [0.1, 0.15) is 5.65 Å². The van der Waals surface area contributed by atoms with Gasteiger partial charge in [0.05, 0.1) is 5.69 Å². The van der Waals surface area contributed by atoms with E-state index < -0.39 is 0 Å². The first-order chi connectivity index (χ1) is 9.74. The van der Waals surface area contributed by atoms with Crippen molar-refractivity contribution >= 4 is 11.0 Å². The predicted octanol–water partition coefficient (Wildman–Crippen LogP) is 2.81. The van der Waals surface area contributed by atoms with Crippen LogP contribution in [0.15, 0.2) is 41.2 Å². The van der Waals surface area contributed by atoms with Crippen LogP contribution in [-0.2, 0) is 7.05 Å². The van der Waals surface area contributed by atoms with E-state index in [0.717, 1.165) is 27.9 Å². The molecular formula is C16H15N3O. The van der Waals surface area contributed by atoms with Crippen LogP contribution in [0.3, 0.4) is 0 Å². The summed E-state index contributed by atoms with van der Waals surface area (Å²) >= 11 is 0. The molecule has 2 aromatic heterocycles. The zero-order valence-electron chi connectivity index (χ0n) is 11.3. The zero-order chi connectivity index (χ0) is 13.7. The molecule has 0 spiro atoms. The summed E-state index contributed by atoms with van der Waals surface area (Å²) in [5.74, 6) is 0.548. The van der Waals surface area contributed by atoms with Crippen molar-refractivity contribution in [1.29, 1.82) is 0 Å². The number of hydrogen-bond acceptors (Lipinski definition) is 2. The van der Waals surface area contributed by atoms with Crippen LogP contribution < -0.4 is 5.56 Å². The number of aryl methyl sites for hydroxylation is 1. The Labute approximate surface area is 116 Å². The normalized spacial score (nSPS) is 14.8. The van der Waals surface area contributed by atoms with Crippen LogP contribution in [0.4, 0.5) is 0 Å². The molecule has 3 aromatic rings. The Balaban J connectivity index is 2.11. The van der Waals surface area contributed by atoms with E-state index in [1.165, 1.54) is 12.8 Å². The first-order valence-corrected chi connectivity index (χ1v) is 6.89. The van der Waals surface area contributed by atoms with E-state index in [9.17, 15) is 4.79 Å². The van der Waals surface area contributed by atoms with Crippen molar-refractivity contribution < 1.29 is 0 Å². The van der Waals surface area contributed by atoms with E-state index in [1.54, 1.807) is 10.7 Å². The van der Waals surface area contributed by atoms with Gasteiger partial charge < -0.3 is 4.98 Å². The van der Waals surface area contributed by atoms with Crippen LogP contribution in [0.1, 0.15) is 24.5 Å². The van der Waals surface area contributed by atoms with Crippen LogP contribution in [0.2, 0.25) is 0 Å². The quantitative estimate of drug-likeness (QED) is 0.774. The molecule has 1 aromatic carbocycles. The van der Waals surface area contributed by atoms with Gasteiger partial charge in [0.15, 0.2) is 0 Å². The number of nitrogens with zero attached hydrogens (tertiary/aromatic N) is 2. The minimum absolute atomic E-state index is 0.0818. The first-order valence-electron chi connectivity index (χ1n) is 6.89. The van der Waals surface area contributed by atoms with Gasteiger partial charge in [-0.1, -0.05) is 30.3 Å². The highest BCUT2D eigenvalue weighted by molar-refractivity contribution is 5.95. The Hall–Kier alpha value is -2.36. The highest BCUT2D eigenvalue weighted by Gasteiger charge is 2.30. The minimum Gasteiger partial charge on any atom is -0.307 e. The second-order valence-electron chi connectivity index (χ2n) is 5.42. The summed E-state index contributed by atoms with van der Waals surface area (Å²) in [6.45, 7) is 0. The fourth-order valence-electron chi connectivity index (χ4n) is 2.80. The van der Waals surface area contributed by atoms with E-state index in [1.807, 2.05) is 37.4 Å². The molecule has 1 N–H and O–H groups in total. The maximum absolute atomic E-state index is 11.9. The van der Waals surface area contributed by atoms with E-state index in [4.69, 9.17) is 0 Å². The Bertz CT molecular complexity index is 841. The van der Waals surface area contributed by atoms with Gasteiger partial charge in [0.25, 0.3) is 0 Å². The van der Waals surface area contributed by atoms with Gasteiger partial charge in [0.2, 0.25) is 5.56 Å². The van der Waals surface area contributed by atoms with Gasteiger partial charge in [0, 0.05) is 24.4 Å². The van der Waals surface area contributed by atoms with Crippen LogP contribution >= 0.6 is 0 Å². The number of hydrogen-bond donors (Lipinski definition) is 1. The second kappa shape index (κ2) is 4.07. The molecule has 1 fully saturated rings. The van der Waals surface area contributed by atoms with Gasteiger partial charge in [-0.25, -0.2) is 0 Å². The lowest BCUT2D eigenvalue weighted by atomic mass is 10.0. The Morgan fingerprint density at radius 2 is 2.00 bits per heavy atom. The minimum atomic E-state index is -0.0818. The molecule has 1 aliphatic rings. The fraction of sp³-hybridized carbons (Fsp3) is 0.250. The number of pyridine rings is 1. The molecule has 4 nitrogen and oxygen atoms in total. The van der Waals surface area contributed by atoms with Gasteiger partial charge in [-0.05, 0) is 24.0 Å². The van der Waals surface area contributed by atoms with Crippen LogP contribution in [0.25, 0.3) is 22.2 Å². The van der Waals surface area contributed by atoms with Crippen molar-refractivity contribution in [1.82, 2.24) is 14.8 Å². The number of aromatic amines is 1. The summed E-state index contributed by atoms with van der Waals surface area (Å²) in [6.07, 6.45) is 2.39. The highest BCUT2D eigenvalue weighted by atomic mass is 16.1. The van der Waals surface area contributed by atoms with E-state index in [-0.39, 0.29) is 5.56 Å². The molecular weight excluding hydrogens is 250 g/mol. The molecule has 100 valence electrons. The molecule has 1 saturated carbocycles. The largest absolute Gasteiger partial charge is 0.307 e. The maximum Gasteiger partial charge on any atom is 0.250 e. The SMILES string of the molecule is Cn1nc(C2CC2)c2c(-c3ccccc3)cc(=O)[nH]c21. The molecule has 0 amide bonds. The molecule has 0 unspecified atom stereocenters. The third-order valence-electron chi connectivity index (χ3n) is 3.91. The lowest BCUT2D eigenvalue weighted by Gasteiger charge is -2.04. The summed E-state index contributed by atoms with van der Waals surface area (Å²) in [7, 11) is 1.89. The molecule has 20 heavy (non-hydrogen) atoms. The Kier molecular flexibility index (Phi) is 2.33. The van der Waals surface area contributed by atoms with Gasteiger partial charge in [-0.2, -0.15) is 5.10 Å². The van der Waals surface area contributed by atoms with Gasteiger partial charge in [-0.15, -0.1) is 0 Å². The topological polar surface area (TPSA) is 50.7 Å². The number of H-pyrrole nitrogens is 1. The third kappa shape index (κ3) is 1.68. The Morgan fingerprint density at radius 3 is 2.70 bits per heavy atom. The van der Waals surface area contributed by atoms with E-state index >= 15 is 0 Å².